The van der Waals surface area contributed by atoms with Crippen molar-refractivity contribution in [3.05, 3.63) is 30.1 Å². The molecule has 2 aromatic heterocycles. The van der Waals surface area contributed by atoms with Crippen LogP contribution in [0.3, 0.4) is 0 Å². The molecule has 0 bridgehead atoms. The van der Waals surface area contributed by atoms with Gasteiger partial charge in [0.25, 0.3) is 0 Å². The maximum absolute atomic E-state index is 13.3. The number of ether oxygens (including phenoxy) is 2. The molecule has 3 aromatic rings. The van der Waals surface area contributed by atoms with Crippen LogP contribution < -0.4 is 5.73 Å². The molecular formula is C50H88N6O3. The van der Waals surface area contributed by atoms with Crippen LogP contribution in [0.4, 0.5) is 5.82 Å². The summed E-state index contributed by atoms with van der Waals surface area (Å²) in [4.78, 5) is 28.1. The predicted octanol–water partition coefficient (Wildman–Crippen LogP) is 12.7. The number of pyridine rings is 1. The number of esters is 1. The van der Waals surface area contributed by atoms with Gasteiger partial charge in [-0.05, 0) is 98.2 Å². The summed E-state index contributed by atoms with van der Waals surface area (Å²) in [5.74, 6) is 1.00. The second-order valence-electron chi connectivity index (χ2n) is 17.8. The molecule has 336 valence electrons. The van der Waals surface area contributed by atoms with E-state index in [9.17, 15) is 4.79 Å². The molecule has 0 spiro atoms. The number of unbranched alkanes of at least 4 members (excludes halogenated alkanes) is 18. The minimum atomic E-state index is -0.753. The van der Waals surface area contributed by atoms with Crippen molar-refractivity contribution in [1.82, 2.24) is 24.3 Å². The molecule has 0 atom stereocenters. The van der Waals surface area contributed by atoms with Gasteiger partial charge in [-0.2, -0.15) is 0 Å². The predicted molar refractivity (Wildman–Crippen MR) is 251 cm³/mol. The fourth-order valence-electron chi connectivity index (χ4n) is 8.51. The number of carbonyl (C=O) groups is 1. The van der Waals surface area contributed by atoms with E-state index in [1.54, 1.807) is 0 Å². The average molecular weight is 821 g/mol. The van der Waals surface area contributed by atoms with Crippen molar-refractivity contribution in [2.75, 3.05) is 51.6 Å². The molecule has 0 aliphatic heterocycles. The number of nitrogens with zero attached hydrogens (tertiary/aromatic N) is 5. The molecule has 0 fully saturated rings. The molecule has 0 aliphatic rings. The summed E-state index contributed by atoms with van der Waals surface area (Å²) >= 11 is 0. The number of carbonyl (C=O) groups excluding carboxylic acids is 1. The van der Waals surface area contributed by atoms with Crippen LogP contribution in [0.2, 0.25) is 0 Å². The van der Waals surface area contributed by atoms with E-state index in [-0.39, 0.29) is 5.97 Å². The standard InChI is InChI=1S/C50H88N6O3/c1-7-11-13-15-17-19-21-23-29-36-54(9-3)39-32-40-55(37-30-24-22-20-18-16-14-12-8-2)38-31-25-26-35-46(57)59-50(5,6)42-56-45(41-58-10-4)53-47-48(56)43-33-27-28-34-44(43)52-49(47)51/h27-28,33-34H,7-26,29-32,35-42H2,1-6H3,(H2,51,52). The summed E-state index contributed by atoms with van der Waals surface area (Å²) in [5, 5.41) is 0.970. The van der Waals surface area contributed by atoms with E-state index in [1.165, 1.54) is 148 Å². The molecular weight excluding hydrogens is 733 g/mol. The fraction of sp³-hybridized carbons (Fsp3) is 0.780. The Bertz CT molecular complexity index is 1540. The maximum atomic E-state index is 13.3. The number of benzene rings is 1. The minimum absolute atomic E-state index is 0.144. The zero-order valence-electron chi connectivity index (χ0n) is 39.0. The molecule has 2 N–H and O–H groups in total. The van der Waals surface area contributed by atoms with Crippen LogP contribution in [0.5, 0.6) is 0 Å². The van der Waals surface area contributed by atoms with Crippen LogP contribution >= 0.6 is 0 Å². The van der Waals surface area contributed by atoms with Crippen molar-refractivity contribution in [2.45, 2.75) is 208 Å². The van der Waals surface area contributed by atoms with Gasteiger partial charge in [-0.1, -0.05) is 148 Å². The molecule has 1 aromatic carbocycles. The maximum Gasteiger partial charge on any atom is 0.306 e. The third kappa shape index (κ3) is 20.1. The summed E-state index contributed by atoms with van der Waals surface area (Å²) in [6.07, 6.45) is 29.5. The largest absolute Gasteiger partial charge is 0.458 e. The first-order valence-electron chi connectivity index (χ1n) is 24.5. The van der Waals surface area contributed by atoms with Gasteiger partial charge in [0.1, 0.15) is 23.5 Å². The van der Waals surface area contributed by atoms with Gasteiger partial charge < -0.3 is 29.6 Å². The van der Waals surface area contributed by atoms with E-state index in [2.05, 4.69) is 40.1 Å². The number of nitrogens with two attached hydrogens (primary N) is 1. The van der Waals surface area contributed by atoms with E-state index in [4.69, 9.17) is 20.2 Å². The lowest BCUT2D eigenvalue weighted by Gasteiger charge is -2.27. The van der Waals surface area contributed by atoms with Crippen molar-refractivity contribution < 1.29 is 14.3 Å². The van der Waals surface area contributed by atoms with Crippen molar-refractivity contribution in [3.8, 4) is 0 Å². The lowest BCUT2D eigenvalue weighted by Crippen LogP contribution is -2.34. The Morgan fingerprint density at radius 1 is 0.661 bits per heavy atom. The molecule has 0 unspecified atom stereocenters. The highest BCUT2D eigenvalue weighted by molar-refractivity contribution is 6.06. The number of para-hydroxylation sites is 1. The number of hydrogen-bond donors (Lipinski definition) is 1. The first-order valence-corrected chi connectivity index (χ1v) is 24.5. The minimum Gasteiger partial charge on any atom is -0.458 e. The first kappa shape index (κ1) is 50.6. The Morgan fingerprint density at radius 3 is 1.75 bits per heavy atom. The smallest absolute Gasteiger partial charge is 0.306 e. The zero-order valence-corrected chi connectivity index (χ0v) is 39.0. The van der Waals surface area contributed by atoms with Gasteiger partial charge >= 0.3 is 5.97 Å². The SMILES string of the molecule is CCCCCCCCCCCN(CC)CCCN(CCCCCCCCCCC)CCCCCC(=O)OC(C)(C)Cn1c(COCC)nc2c(N)nc3ccccc3c21. The summed E-state index contributed by atoms with van der Waals surface area (Å²) in [5.41, 5.74) is 8.02. The first-order chi connectivity index (χ1) is 28.7. The number of rotatable bonds is 37. The lowest BCUT2D eigenvalue weighted by atomic mass is 10.1. The van der Waals surface area contributed by atoms with E-state index in [0.717, 1.165) is 54.6 Å². The Balaban J connectivity index is 1.45. The highest BCUT2D eigenvalue weighted by Gasteiger charge is 2.28. The molecule has 9 nitrogen and oxygen atoms in total. The quantitative estimate of drug-likeness (QED) is 0.0453. The molecule has 0 radical (unpaired) electrons. The molecule has 0 amide bonds. The lowest BCUT2D eigenvalue weighted by molar-refractivity contribution is -0.157. The number of hydrogen-bond acceptors (Lipinski definition) is 8. The van der Waals surface area contributed by atoms with E-state index in [1.807, 2.05) is 45.0 Å². The van der Waals surface area contributed by atoms with Crippen molar-refractivity contribution in [3.63, 3.8) is 0 Å². The highest BCUT2D eigenvalue weighted by atomic mass is 16.6. The van der Waals surface area contributed by atoms with E-state index < -0.39 is 5.60 Å². The average Bonchev–Trinajstić information content (AvgIpc) is 3.58. The number of nitrogen functional groups attached to an aromatic ring is 1. The van der Waals surface area contributed by atoms with Gasteiger partial charge in [-0.25, -0.2) is 9.97 Å². The molecule has 0 aliphatic carbocycles. The van der Waals surface area contributed by atoms with Crippen LogP contribution in [0.15, 0.2) is 24.3 Å². The van der Waals surface area contributed by atoms with Gasteiger partial charge in [0.15, 0.2) is 5.82 Å². The Morgan fingerprint density at radius 2 is 1.17 bits per heavy atom. The normalized spacial score (nSPS) is 12.2. The zero-order chi connectivity index (χ0) is 42.6. The summed E-state index contributed by atoms with van der Waals surface area (Å²) in [6, 6.07) is 7.97. The number of imidazole rings is 1. The van der Waals surface area contributed by atoms with Crippen LogP contribution in [0, 0.1) is 0 Å². The summed E-state index contributed by atoms with van der Waals surface area (Å²) in [6.45, 7) is 21.3. The van der Waals surface area contributed by atoms with E-state index in [0.29, 0.717) is 37.5 Å². The van der Waals surface area contributed by atoms with Crippen LogP contribution in [-0.4, -0.2) is 81.8 Å². The topological polar surface area (TPSA) is 98.7 Å². The molecule has 0 saturated heterocycles. The monoisotopic (exact) mass is 821 g/mol. The number of anilines is 1. The Labute approximate surface area is 360 Å². The van der Waals surface area contributed by atoms with Gasteiger partial charge in [0, 0.05) is 18.4 Å². The molecule has 2 heterocycles. The van der Waals surface area contributed by atoms with Gasteiger partial charge in [0.05, 0.1) is 17.6 Å². The second kappa shape index (κ2) is 30.3. The van der Waals surface area contributed by atoms with Crippen LogP contribution in [0.25, 0.3) is 21.9 Å². The third-order valence-electron chi connectivity index (χ3n) is 12.0. The van der Waals surface area contributed by atoms with Gasteiger partial charge in [-0.3, -0.25) is 4.79 Å². The number of fused-ring (bicyclic) bond motifs is 3. The Hall–Kier alpha value is -2.75. The molecule has 9 heteroatoms. The van der Waals surface area contributed by atoms with Gasteiger partial charge in [-0.15, -0.1) is 0 Å². The summed E-state index contributed by atoms with van der Waals surface area (Å²) < 4.78 is 14.1. The molecule has 3 rings (SSSR count). The highest BCUT2D eigenvalue weighted by Crippen LogP contribution is 2.31. The molecule has 59 heavy (non-hydrogen) atoms. The van der Waals surface area contributed by atoms with Crippen LogP contribution in [-0.2, 0) is 27.4 Å². The Kier molecular flexibility index (Phi) is 26.0. The number of aromatic nitrogens is 3. The van der Waals surface area contributed by atoms with Gasteiger partial charge in [0.2, 0.25) is 0 Å². The second-order valence-corrected chi connectivity index (χ2v) is 17.8. The van der Waals surface area contributed by atoms with Crippen LogP contribution in [0.1, 0.15) is 195 Å². The van der Waals surface area contributed by atoms with Crippen molar-refractivity contribution >= 4 is 33.7 Å². The summed E-state index contributed by atoms with van der Waals surface area (Å²) in [7, 11) is 0. The van der Waals surface area contributed by atoms with Crippen molar-refractivity contribution in [2.24, 2.45) is 0 Å². The van der Waals surface area contributed by atoms with E-state index >= 15 is 0 Å². The van der Waals surface area contributed by atoms with Crippen molar-refractivity contribution in [1.29, 1.82) is 0 Å². The third-order valence-corrected chi connectivity index (χ3v) is 12.0. The molecule has 0 saturated carbocycles. The fourth-order valence-corrected chi connectivity index (χ4v) is 8.51.